The van der Waals surface area contributed by atoms with Gasteiger partial charge in [-0.15, -0.1) is 0 Å². The molecule has 0 saturated carbocycles. The summed E-state index contributed by atoms with van der Waals surface area (Å²) in [7, 11) is -3.47. The lowest BCUT2D eigenvalue weighted by atomic mass is 10.0. The number of benzene rings is 1. The fraction of sp³-hybridized carbons (Fsp3) is 0.588. The summed E-state index contributed by atoms with van der Waals surface area (Å²) < 4.78 is 37.3. The third kappa shape index (κ3) is 5.61. The summed E-state index contributed by atoms with van der Waals surface area (Å²) in [6.45, 7) is 6.03. The summed E-state index contributed by atoms with van der Waals surface area (Å²) in [6, 6.07) is 4.63. The Hall–Kier alpha value is -1.80. The molecule has 7 nitrogen and oxygen atoms in total. The highest BCUT2D eigenvalue weighted by Crippen LogP contribution is 2.32. The number of carbonyl (C=O) groups excluding carboxylic acids is 1. The van der Waals surface area contributed by atoms with Gasteiger partial charge >= 0.3 is 0 Å². The Kier molecular flexibility index (Phi) is 6.66. The molecule has 2 N–H and O–H groups in total. The molecule has 1 atom stereocenters. The highest BCUT2D eigenvalue weighted by Gasteiger charge is 2.27. The molecule has 1 aromatic carbocycles. The van der Waals surface area contributed by atoms with Gasteiger partial charge in [0.15, 0.2) is 11.5 Å². The Labute approximate surface area is 149 Å². The predicted octanol–water partition coefficient (Wildman–Crippen LogP) is 1.78. The van der Waals surface area contributed by atoms with Crippen LogP contribution in [0.1, 0.15) is 39.2 Å². The van der Waals surface area contributed by atoms with Crippen LogP contribution in [0.25, 0.3) is 0 Å². The van der Waals surface area contributed by atoms with Crippen molar-refractivity contribution in [2.45, 2.75) is 46.2 Å². The molecule has 0 saturated heterocycles. The van der Waals surface area contributed by atoms with Crippen molar-refractivity contribution in [3.05, 3.63) is 23.8 Å². The summed E-state index contributed by atoms with van der Waals surface area (Å²) in [5, 5.41) is 2.79. The van der Waals surface area contributed by atoms with Crippen LogP contribution in [0.15, 0.2) is 18.2 Å². The molecule has 1 aliphatic rings. The van der Waals surface area contributed by atoms with E-state index in [1.165, 1.54) is 0 Å². The number of fused-ring (bicyclic) bond motifs is 1. The van der Waals surface area contributed by atoms with E-state index in [1.807, 2.05) is 26.8 Å². The lowest BCUT2D eigenvalue weighted by Crippen LogP contribution is -2.50. The molecule has 1 amide bonds. The third-order valence-electron chi connectivity index (χ3n) is 3.93. The Morgan fingerprint density at radius 2 is 1.96 bits per heavy atom. The fourth-order valence-corrected chi connectivity index (χ4v) is 3.98. The van der Waals surface area contributed by atoms with Gasteiger partial charge in [0, 0.05) is 6.54 Å². The van der Waals surface area contributed by atoms with Gasteiger partial charge in [-0.05, 0) is 30.0 Å². The minimum Gasteiger partial charge on any atom is -0.454 e. The molecule has 0 spiro atoms. The zero-order valence-corrected chi connectivity index (χ0v) is 15.7. The van der Waals surface area contributed by atoms with Crippen LogP contribution in [0.4, 0.5) is 0 Å². The summed E-state index contributed by atoms with van der Waals surface area (Å²) in [5.74, 6) is 0.856. The topological polar surface area (TPSA) is 93.7 Å². The molecule has 140 valence electrons. The average molecular weight is 370 g/mol. The van der Waals surface area contributed by atoms with Crippen molar-refractivity contribution in [3.8, 4) is 11.5 Å². The maximum Gasteiger partial charge on any atom is 0.238 e. The van der Waals surface area contributed by atoms with E-state index in [0.717, 1.165) is 12.0 Å². The molecule has 1 heterocycles. The Balaban J connectivity index is 1.96. The number of carbonyl (C=O) groups is 1. The molecule has 8 heteroatoms. The van der Waals surface area contributed by atoms with Crippen LogP contribution in [-0.4, -0.2) is 32.9 Å². The number of hydrogen-bond acceptors (Lipinski definition) is 5. The number of hydrogen-bond donors (Lipinski definition) is 2. The van der Waals surface area contributed by atoms with E-state index in [-0.39, 0.29) is 30.9 Å². The maximum atomic E-state index is 12.4. The standard InChI is InChI=1S/C17H26N2O5S/c1-4-5-8-25(21,22)19-16(12(2)3)17(20)18-10-13-6-7-14-15(9-13)24-11-23-14/h6-7,9,12,16,19H,4-5,8,10-11H2,1-3H3,(H,18,20)/t16-/m0/s1. The molecular formula is C17H26N2O5S. The Morgan fingerprint density at radius 3 is 2.64 bits per heavy atom. The van der Waals surface area contributed by atoms with Gasteiger partial charge in [-0.1, -0.05) is 33.3 Å². The van der Waals surface area contributed by atoms with Gasteiger partial charge in [0.25, 0.3) is 0 Å². The molecule has 1 aromatic rings. The molecular weight excluding hydrogens is 344 g/mol. The van der Waals surface area contributed by atoms with Crippen molar-refractivity contribution in [2.24, 2.45) is 5.92 Å². The largest absolute Gasteiger partial charge is 0.454 e. The SMILES string of the molecule is CCCCS(=O)(=O)N[C@H](C(=O)NCc1ccc2c(c1)OCO2)C(C)C. The van der Waals surface area contributed by atoms with Crippen LogP contribution in [0.5, 0.6) is 11.5 Å². The minimum atomic E-state index is -3.47. The molecule has 1 aliphatic heterocycles. The van der Waals surface area contributed by atoms with Gasteiger partial charge in [-0.2, -0.15) is 0 Å². The van der Waals surface area contributed by atoms with Crippen molar-refractivity contribution in [1.29, 1.82) is 0 Å². The van der Waals surface area contributed by atoms with Crippen LogP contribution in [-0.2, 0) is 21.4 Å². The zero-order valence-electron chi connectivity index (χ0n) is 14.9. The van der Waals surface area contributed by atoms with Crippen LogP contribution in [0, 0.1) is 5.92 Å². The van der Waals surface area contributed by atoms with Crippen molar-refractivity contribution < 1.29 is 22.7 Å². The highest BCUT2D eigenvalue weighted by atomic mass is 32.2. The lowest BCUT2D eigenvalue weighted by Gasteiger charge is -2.21. The zero-order chi connectivity index (χ0) is 18.4. The number of unbranched alkanes of at least 4 members (excludes halogenated alkanes) is 1. The molecule has 0 aromatic heterocycles. The van der Waals surface area contributed by atoms with Crippen LogP contribution in [0.3, 0.4) is 0 Å². The van der Waals surface area contributed by atoms with Crippen molar-refractivity contribution in [3.63, 3.8) is 0 Å². The monoisotopic (exact) mass is 370 g/mol. The first-order chi connectivity index (χ1) is 11.8. The van der Waals surface area contributed by atoms with Gasteiger partial charge in [0.05, 0.1) is 5.75 Å². The smallest absolute Gasteiger partial charge is 0.238 e. The van der Waals surface area contributed by atoms with E-state index >= 15 is 0 Å². The lowest BCUT2D eigenvalue weighted by molar-refractivity contribution is -0.123. The number of sulfonamides is 1. The summed E-state index contributed by atoms with van der Waals surface area (Å²) >= 11 is 0. The average Bonchev–Trinajstić information content (AvgIpc) is 3.03. The van der Waals surface area contributed by atoms with Crippen molar-refractivity contribution in [2.75, 3.05) is 12.5 Å². The molecule has 0 fully saturated rings. The van der Waals surface area contributed by atoms with Gasteiger partial charge in [-0.25, -0.2) is 13.1 Å². The number of nitrogens with one attached hydrogen (secondary N) is 2. The first-order valence-electron chi connectivity index (χ1n) is 8.48. The van der Waals surface area contributed by atoms with E-state index < -0.39 is 16.1 Å². The Bertz CT molecular complexity index is 703. The van der Waals surface area contributed by atoms with E-state index in [0.29, 0.717) is 17.9 Å². The Morgan fingerprint density at radius 1 is 1.24 bits per heavy atom. The van der Waals surface area contributed by atoms with Crippen molar-refractivity contribution >= 4 is 15.9 Å². The highest BCUT2D eigenvalue weighted by molar-refractivity contribution is 7.89. The number of ether oxygens (including phenoxy) is 2. The van der Waals surface area contributed by atoms with Gasteiger partial charge in [-0.3, -0.25) is 4.79 Å². The third-order valence-corrected chi connectivity index (χ3v) is 5.37. The second-order valence-electron chi connectivity index (χ2n) is 6.42. The van der Waals surface area contributed by atoms with E-state index in [2.05, 4.69) is 10.0 Å². The first kappa shape index (κ1) is 19.5. The second kappa shape index (κ2) is 8.53. The summed E-state index contributed by atoms with van der Waals surface area (Å²) in [4.78, 5) is 12.4. The first-order valence-corrected chi connectivity index (χ1v) is 10.1. The molecule has 2 rings (SSSR count). The fourth-order valence-electron chi connectivity index (χ4n) is 2.43. The molecule has 0 aliphatic carbocycles. The van der Waals surface area contributed by atoms with E-state index in [9.17, 15) is 13.2 Å². The number of amides is 1. The van der Waals surface area contributed by atoms with Crippen LogP contribution >= 0.6 is 0 Å². The minimum absolute atomic E-state index is 0.0299. The van der Waals surface area contributed by atoms with Crippen LogP contribution in [0.2, 0.25) is 0 Å². The quantitative estimate of drug-likeness (QED) is 0.691. The molecule has 0 unspecified atom stereocenters. The number of rotatable bonds is 9. The normalized spacial score (nSPS) is 14.6. The summed E-state index contributed by atoms with van der Waals surface area (Å²) in [6.07, 6.45) is 1.35. The predicted molar refractivity (Wildman–Crippen MR) is 94.9 cm³/mol. The van der Waals surface area contributed by atoms with Gasteiger partial charge < -0.3 is 14.8 Å². The van der Waals surface area contributed by atoms with Crippen LogP contribution < -0.4 is 19.5 Å². The van der Waals surface area contributed by atoms with E-state index in [4.69, 9.17) is 9.47 Å². The molecule has 0 bridgehead atoms. The van der Waals surface area contributed by atoms with Gasteiger partial charge in [0.2, 0.25) is 22.7 Å². The maximum absolute atomic E-state index is 12.4. The van der Waals surface area contributed by atoms with Gasteiger partial charge in [0.1, 0.15) is 6.04 Å². The molecule has 0 radical (unpaired) electrons. The second-order valence-corrected chi connectivity index (χ2v) is 8.29. The van der Waals surface area contributed by atoms with E-state index in [1.54, 1.807) is 12.1 Å². The molecule has 25 heavy (non-hydrogen) atoms. The van der Waals surface area contributed by atoms with Crippen molar-refractivity contribution in [1.82, 2.24) is 10.0 Å². The summed E-state index contributed by atoms with van der Waals surface area (Å²) in [5.41, 5.74) is 0.856.